The van der Waals surface area contributed by atoms with E-state index in [2.05, 4.69) is 0 Å². The average molecular weight is 334 g/mol. The van der Waals surface area contributed by atoms with Crippen LogP contribution >= 0.6 is 0 Å². The lowest BCUT2D eigenvalue weighted by atomic mass is 9.84. The van der Waals surface area contributed by atoms with E-state index in [0.717, 1.165) is 11.6 Å². The Balaban J connectivity index is 2.29. The van der Waals surface area contributed by atoms with Crippen molar-refractivity contribution in [1.29, 1.82) is 0 Å². The van der Waals surface area contributed by atoms with Gasteiger partial charge < -0.3 is 9.47 Å². The van der Waals surface area contributed by atoms with Crippen molar-refractivity contribution in [1.82, 2.24) is 0 Å². The summed E-state index contributed by atoms with van der Waals surface area (Å²) in [4.78, 5) is 12.1. The lowest BCUT2D eigenvalue weighted by Crippen LogP contribution is -2.31. The molecule has 24 heavy (non-hydrogen) atoms. The van der Waals surface area contributed by atoms with Crippen molar-refractivity contribution in [3.63, 3.8) is 0 Å². The SMILES string of the molecule is CCOC(=O)C(C)(C)c1cc(F)c(F)c(OCc2ccccc2)c1. The molecule has 0 atom stereocenters. The predicted molar refractivity (Wildman–Crippen MR) is 86.8 cm³/mol. The third kappa shape index (κ3) is 3.91. The van der Waals surface area contributed by atoms with E-state index in [1.807, 2.05) is 30.3 Å². The van der Waals surface area contributed by atoms with E-state index in [0.29, 0.717) is 5.56 Å². The van der Waals surface area contributed by atoms with Crippen molar-refractivity contribution in [3.8, 4) is 5.75 Å². The van der Waals surface area contributed by atoms with Gasteiger partial charge in [-0.25, -0.2) is 4.39 Å². The summed E-state index contributed by atoms with van der Waals surface area (Å²) in [5.74, 6) is -2.88. The van der Waals surface area contributed by atoms with Gasteiger partial charge in [0.2, 0.25) is 5.82 Å². The Morgan fingerprint density at radius 3 is 2.42 bits per heavy atom. The highest BCUT2D eigenvalue weighted by Gasteiger charge is 2.33. The van der Waals surface area contributed by atoms with Gasteiger partial charge in [0, 0.05) is 0 Å². The number of halogens is 2. The zero-order valence-electron chi connectivity index (χ0n) is 13.9. The maximum atomic E-state index is 14.0. The van der Waals surface area contributed by atoms with Crippen LogP contribution in [0.15, 0.2) is 42.5 Å². The fourth-order valence-corrected chi connectivity index (χ4v) is 2.19. The van der Waals surface area contributed by atoms with Crippen LogP contribution in [0.25, 0.3) is 0 Å². The van der Waals surface area contributed by atoms with Gasteiger partial charge in [-0.1, -0.05) is 30.3 Å². The predicted octanol–water partition coefficient (Wildman–Crippen LogP) is 4.38. The van der Waals surface area contributed by atoms with E-state index in [1.54, 1.807) is 20.8 Å². The molecule has 0 saturated carbocycles. The number of benzene rings is 2. The molecule has 0 radical (unpaired) electrons. The lowest BCUT2D eigenvalue weighted by molar-refractivity contribution is -0.148. The maximum Gasteiger partial charge on any atom is 0.315 e. The van der Waals surface area contributed by atoms with Crippen LogP contribution in [0.3, 0.4) is 0 Å². The molecule has 0 saturated heterocycles. The third-order valence-electron chi connectivity index (χ3n) is 3.74. The molecule has 2 aromatic carbocycles. The van der Waals surface area contributed by atoms with E-state index in [-0.39, 0.29) is 19.0 Å². The summed E-state index contributed by atoms with van der Waals surface area (Å²) in [5, 5.41) is 0. The Morgan fingerprint density at radius 2 is 1.79 bits per heavy atom. The summed E-state index contributed by atoms with van der Waals surface area (Å²) in [7, 11) is 0. The molecule has 2 aromatic rings. The number of hydrogen-bond donors (Lipinski definition) is 0. The number of carbonyl (C=O) groups is 1. The summed E-state index contributed by atoms with van der Waals surface area (Å²) in [5.41, 5.74) is 0.00496. The number of carbonyl (C=O) groups excluding carboxylic acids is 1. The van der Waals surface area contributed by atoms with Crippen LogP contribution in [0, 0.1) is 11.6 Å². The molecule has 5 heteroatoms. The first-order valence-corrected chi connectivity index (χ1v) is 7.69. The van der Waals surface area contributed by atoms with Crippen LogP contribution in [0.4, 0.5) is 8.78 Å². The third-order valence-corrected chi connectivity index (χ3v) is 3.74. The minimum absolute atomic E-state index is 0.0977. The smallest absolute Gasteiger partial charge is 0.315 e. The molecule has 0 aliphatic rings. The van der Waals surface area contributed by atoms with Gasteiger partial charge in [-0.3, -0.25) is 4.79 Å². The Morgan fingerprint density at radius 1 is 1.12 bits per heavy atom. The van der Waals surface area contributed by atoms with Crippen LogP contribution in [0.2, 0.25) is 0 Å². The highest BCUT2D eigenvalue weighted by atomic mass is 19.2. The number of ether oxygens (including phenoxy) is 2. The molecule has 0 spiro atoms. The number of hydrogen-bond acceptors (Lipinski definition) is 3. The standard InChI is InChI=1S/C19H20F2O3/c1-4-23-18(22)19(2,3)14-10-15(20)17(21)16(11-14)24-12-13-8-6-5-7-9-13/h5-11H,4,12H2,1-3H3. The molecule has 0 unspecified atom stereocenters. The largest absolute Gasteiger partial charge is 0.486 e. The summed E-state index contributed by atoms with van der Waals surface area (Å²) in [6, 6.07) is 11.5. The molecule has 128 valence electrons. The molecule has 0 N–H and O–H groups in total. The highest BCUT2D eigenvalue weighted by Crippen LogP contribution is 2.31. The van der Waals surface area contributed by atoms with Crippen LogP contribution in [0.5, 0.6) is 5.75 Å². The second-order valence-electron chi connectivity index (χ2n) is 5.89. The van der Waals surface area contributed by atoms with Crippen molar-refractivity contribution < 1.29 is 23.0 Å². The fraction of sp³-hybridized carbons (Fsp3) is 0.316. The Hall–Kier alpha value is -2.43. The van der Waals surface area contributed by atoms with Gasteiger partial charge >= 0.3 is 5.97 Å². The van der Waals surface area contributed by atoms with E-state index < -0.39 is 23.0 Å². The van der Waals surface area contributed by atoms with Crippen LogP contribution in [-0.2, 0) is 21.6 Å². The number of rotatable bonds is 6. The minimum atomic E-state index is -1.12. The van der Waals surface area contributed by atoms with Gasteiger partial charge in [0.15, 0.2) is 11.6 Å². The van der Waals surface area contributed by atoms with Gasteiger partial charge in [-0.05, 0) is 44.0 Å². The molecule has 0 amide bonds. The Kier molecular flexibility index (Phi) is 5.54. The van der Waals surface area contributed by atoms with Crippen molar-refractivity contribution in [2.24, 2.45) is 0 Å². The van der Waals surface area contributed by atoms with Crippen molar-refractivity contribution in [2.45, 2.75) is 32.8 Å². The number of esters is 1. The Bertz CT molecular complexity index is 712. The molecule has 0 aromatic heterocycles. The summed E-state index contributed by atoms with van der Waals surface area (Å²) < 4.78 is 38.4. The Labute approximate surface area is 140 Å². The van der Waals surface area contributed by atoms with E-state index in [1.165, 1.54) is 6.07 Å². The lowest BCUT2D eigenvalue weighted by Gasteiger charge is -2.23. The zero-order valence-corrected chi connectivity index (χ0v) is 13.9. The molecule has 0 bridgehead atoms. The second-order valence-corrected chi connectivity index (χ2v) is 5.89. The molecule has 0 aliphatic carbocycles. The topological polar surface area (TPSA) is 35.5 Å². The quantitative estimate of drug-likeness (QED) is 0.735. The van der Waals surface area contributed by atoms with Crippen LogP contribution < -0.4 is 4.74 Å². The molecule has 0 aliphatic heterocycles. The van der Waals surface area contributed by atoms with Crippen LogP contribution in [0.1, 0.15) is 31.9 Å². The molecule has 3 nitrogen and oxygen atoms in total. The first-order valence-electron chi connectivity index (χ1n) is 7.69. The van der Waals surface area contributed by atoms with E-state index >= 15 is 0 Å². The van der Waals surface area contributed by atoms with E-state index in [4.69, 9.17) is 9.47 Å². The monoisotopic (exact) mass is 334 g/mol. The average Bonchev–Trinajstić information content (AvgIpc) is 2.57. The fourth-order valence-electron chi connectivity index (χ4n) is 2.19. The van der Waals surface area contributed by atoms with Gasteiger partial charge in [-0.2, -0.15) is 4.39 Å². The second kappa shape index (κ2) is 7.43. The maximum absolute atomic E-state index is 14.0. The van der Waals surface area contributed by atoms with Gasteiger partial charge in [0.1, 0.15) is 6.61 Å². The highest BCUT2D eigenvalue weighted by molar-refractivity contribution is 5.82. The molecule has 0 heterocycles. The van der Waals surface area contributed by atoms with E-state index in [9.17, 15) is 13.6 Å². The summed E-state index contributed by atoms with van der Waals surface area (Å²) in [6.45, 7) is 5.19. The normalized spacial score (nSPS) is 11.2. The zero-order chi connectivity index (χ0) is 17.7. The van der Waals surface area contributed by atoms with Crippen molar-refractivity contribution in [2.75, 3.05) is 6.61 Å². The van der Waals surface area contributed by atoms with Gasteiger partial charge in [-0.15, -0.1) is 0 Å². The van der Waals surface area contributed by atoms with Crippen molar-refractivity contribution in [3.05, 3.63) is 65.2 Å². The molecular weight excluding hydrogens is 314 g/mol. The molecule has 0 fully saturated rings. The first kappa shape index (κ1) is 17.9. The summed E-state index contributed by atoms with van der Waals surface area (Å²) >= 11 is 0. The minimum Gasteiger partial charge on any atom is -0.486 e. The van der Waals surface area contributed by atoms with Gasteiger partial charge in [0.05, 0.1) is 12.0 Å². The molecular formula is C19H20F2O3. The molecule has 2 rings (SSSR count). The van der Waals surface area contributed by atoms with Gasteiger partial charge in [0.25, 0.3) is 0 Å². The first-order chi connectivity index (χ1) is 11.4. The van der Waals surface area contributed by atoms with Crippen molar-refractivity contribution >= 4 is 5.97 Å². The summed E-state index contributed by atoms with van der Waals surface area (Å²) in [6.07, 6.45) is 0. The van der Waals surface area contributed by atoms with Crippen LogP contribution in [-0.4, -0.2) is 12.6 Å².